The van der Waals surface area contributed by atoms with Crippen LogP contribution < -0.4 is 15.8 Å². The molecule has 1 aliphatic heterocycles. The average Bonchev–Trinajstić information content (AvgIpc) is 2.64. The van der Waals surface area contributed by atoms with Crippen molar-refractivity contribution in [3.63, 3.8) is 0 Å². The zero-order valence-electron chi connectivity index (χ0n) is 15.5. The zero-order chi connectivity index (χ0) is 19.4. The highest BCUT2D eigenvalue weighted by Gasteiger charge is 2.17. The van der Waals surface area contributed by atoms with Crippen molar-refractivity contribution in [2.24, 2.45) is 0 Å². The summed E-state index contributed by atoms with van der Waals surface area (Å²) in [6.07, 6.45) is 0.560. The minimum Gasteiger partial charge on any atom is -0.378 e. The molecule has 2 N–H and O–H groups in total. The number of carbonyl (C=O) groups is 1. The first-order valence-electron chi connectivity index (χ1n) is 8.92. The van der Waals surface area contributed by atoms with Gasteiger partial charge >= 0.3 is 0 Å². The van der Waals surface area contributed by atoms with E-state index >= 15 is 0 Å². The third-order valence-corrected chi connectivity index (χ3v) is 5.09. The summed E-state index contributed by atoms with van der Waals surface area (Å²) in [5.41, 5.74) is 2.77. The number of carbonyl (C=O) groups excluding carboxylic acids is 1. The molecule has 1 saturated heterocycles. The second-order valence-electron chi connectivity index (χ2n) is 6.56. The standard InChI is InChI=1S/C19H23BrN4O3/c1-12-3-4-14(20)11-16(12)22-17(25)6-5-15-13(2)21-19(23-18(15)26)24-7-9-27-10-8-24/h3-4,11H,5-10H2,1-2H3,(H,22,25)(H,21,23,26). The van der Waals surface area contributed by atoms with Gasteiger partial charge in [0.1, 0.15) is 0 Å². The lowest BCUT2D eigenvalue weighted by atomic mass is 10.1. The van der Waals surface area contributed by atoms with Gasteiger partial charge in [0.25, 0.3) is 5.56 Å². The van der Waals surface area contributed by atoms with Crippen LogP contribution in [0.1, 0.15) is 23.2 Å². The van der Waals surface area contributed by atoms with Crippen molar-refractivity contribution in [2.75, 3.05) is 36.5 Å². The van der Waals surface area contributed by atoms with Crippen LogP contribution in [0.4, 0.5) is 11.6 Å². The number of anilines is 2. The molecular weight excluding hydrogens is 412 g/mol. The Labute approximate surface area is 166 Å². The van der Waals surface area contributed by atoms with Gasteiger partial charge in [0.2, 0.25) is 11.9 Å². The smallest absolute Gasteiger partial charge is 0.255 e. The van der Waals surface area contributed by atoms with Gasteiger partial charge in [-0.2, -0.15) is 0 Å². The van der Waals surface area contributed by atoms with Crippen molar-refractivity contribution in [3.8, 4) is 0 Å². The Hall–Kier alpha value is -2.19. The molecule has 3 rings (SSSR count). The fourth-order valence-electron chi connectivity index (χ4n) is 3.00. The lowest BCUT2D eigenvalue weighted by Gasteiger charge is -2.27. The van der Waals surface area contributed by atoms with Crippen LogP contribution in [0.3, 0.4) is 0 Å². The molecule has 0 atom stereocenters. The third kappa shape index (κ3) is 4.95. The number of aryl methyl sites for hydroxylation is 2. The molecule has 0 aliphatic carbocycles. The first kappa shape index (κ1) is 19.6. The van der Waals surface area contributed by atoms with Crippen molar-refractivity contribution in [1.29, 1.82) is 0 Å². The summed E-state index contributed by atoms with van der Waals surface area (Å²) >= 11 is 3.40. The van der Waals surface area contributed by atoms with Crippen LogP contribution in [-0.2, 0) is 16.0 Å². The van der Waals surface area contributed by atoms with E-state index in [0.717, 1.165) is 15.7 Å². The number of aromatic nitrogens is 2. The molecule has 7 nitrogen and oxygen atoms in total. The van der Waals surface area contributed by atoms with Gasteiger partial charge in [-0.25, -0.2) is 4.98 Å². The van der Waals surface area contributed by atoms with Gasteiger partial charge in [-0.15, -0.1) is 0 Å². The number of H-pyrrole nitrogens is 1. The lowest BCUT2D eigenvalue weighted by molar-refractivity contribution is -0.116. The number of benzene rings is 1. The topological polar surface area (TPSA) is 87.3 Å². The Morgan fingerprint density at radius 2 is 2.07 bits per heavy atom. The fourth-order valence-corrected chi connectivity index (χ4v) is 3.36. The van der Waals surface area contributed by atoms with Gasteiger partial charge in [-0.05, 0) is 38.0 Å². The van der Waals surface area contributed by atoms with E-state index < -0.39 is 0 Å². The summed E-state index contributed by atoms with van der Waals surface area (Å²) in [6, 6.07) is 5.72. The maximum atomic E-state index is 12.5. The second-order valence-corrected chi connectivity index (χ2v) is 7.48. The summed E-state index contributed by atoms with van der Waals surface area (Å²) in [7, 11) is 0. The van der Waals surface area contributed by atoms with Gasteiger partial charge in [0.05, 0.1) is 13.2 Å². The largest absolute Gasteiger partial charge is 0.378 e. The van der Waals surface area contributed by atoms with E-state index in [-0.39, 0.29) is 17.9 Å². The van der Waals surface area contributed by atoms with Gasteiger partial charge in [0.15, 0.2) is 0 Å². The highest BCUT2D eigenvalue weighted by Crippen LogP contribution is 2.21. The van der Waals surface area contributed by atoms with E-state index in [1.165, 1.54) is 0 Å². The second kappa shape index (κ2) is 8.67. The molecule has 27 heavy (non-hydrogen) atoms. The fraction of sp³-hybridized carbons (Fsp3) is 0.421. The molecule has 2 aromatic rings. The minimum atomic E-state index is -0.185. The van der Waals surface area contributed by atoms with Gasteiger partial charge in [-0.3, -0.25) is 14.6 Å². The summed E-state index contributed by atoms with van der Waals surface area (Å²) in [6.45, 7) is 6.40. The Balaban J connectivity index is 1.66. The van der Waals surface area contributed by atoms with Crippen molar-refractivity contribution in [3.05, 3.63) is 49.8 Å². The molecule has 1 aliphatic rings. The number of hydrogen-bond donors (Lipinski definition) is 2. The molecule has 1 fully saturated rings. The summed E-state index contributed by atoms with van der Waals surface area (Å²) < 4.78 is 6.23. The maximum absolute atomic E-state index is 12.5. The van der Waals surface area contributed by atoms with Gasteiger partial charge in [0, 0.05) is 40.9 Å². The van der Waals surface area contributed by atoms with E-state index in [4.69, 9.17) is 4.74 Å². The number of morpholine rings is 1. The number of amides is 1. The summed E-state index contributed by atoms with van der Waals surface area (Å²) in [5.74, 6) is 0.436. The van der Waals surface area contributed by atoms with E-state index in [2.05, 4.69) is 31.2 Å². The van der Waals surface area contributed by atoms with Crippen LogP contribution in [0.15, 0.2) is 27.5 Å². The first-order valence-corrected chi connectivity index (χ1v) is 9.72. The normalized spacial score (nSPS) is 14.3. The number of nitrogens with zero attached hydrogens (tertiary/aromatic N) is 2. The Bertz CT molecular complexity index is 891. The molecule has 1 amide bonds. The summed E-state index contributed by atoms with van der Waals surface area (Å²) in [4.78, 5) is 34.2. The van der Waals surface area contributed by atoms with E-state index in [1.807, 2.05) is 36.9 Å². The van der Waals surface area contributed by atoms with E-state index in [0.29, 0.717) is 49.9 Å². The van der Waals surface area contributed by atoms with Crippen LogP contribution in [0.2, 0.25) is 0 Å². The van der Waals surface area contributed by atoms with Crippen LogP contribution in [-0.4, -0.2) is 42.2 Å². The summed E-state index contributed by atoms with van der Waals surface area (Å²) in [5, 5.41) is 2.90. The highest BCUT2D eigenvalue weighted by atomic mass is 79.9. The third-order valence-electron chi connectivity index (χ3n) is 4.60. The van der Waals surface area contributed by atoms with Crippen molar-refractivity contribution < 1.29 is 9.53 Å². The van der Waals surface area contributed by atoms with Gasteiger partial charge in [-0.1, -0.05) is 22.0 Å². The number of ether oxygens (including phenoxy) is 1. The predicted octanol–water partition coefficient (Wildman–Crippen LogP) is 2.56. The van der Waals surface area contributed by atoms with E-state index in [9.17, 15) is 9.59 Å². The lowest BCUT2D eigenvalue weighted by Crippen LogP contribution is -2.38. The first-order chi connectivity index (χ1) is 12.9. The average molecular weight is 435 g/mol. The van der Waals surface area contributed by atoms with Crippen molar-refractivity contribution in [1.82, 2.24) is 9.97 Å². The van der Waals surface area contributed by atoms with Crippen LogP contribution in [0.5, 0.6) is 0 Å². The van der Waals surface area contributed by atoms with Crippen molar-refractivity contribution >= 4 is 33.5 Å². The molecule has 0 radical (unpaired) electrons. The number of hydrogen-bond acceptors (Lipinski definition) is 5. The number of aromatic amines is 1. The molecule has 0 bridgehead atoms. The zero-order valence-corrected chi connectivity index (χ0v) is 17.1. The SMILES string of the molecule is Cc1ccc(Br)cc1NC(=O)CCc1c(C)nc(N2CCOCC2)[nH]c1=O. The Morgan fingerprint density at radius 3 is 2.78 bits per heavy atom. The maximum Gasteiger partial charge on any atom is 0.255 e. The minimum absolute atomic E-state index is 0.132. The molecule has 0 unspecified atom stereocenters. The number of rotatable bonds is 5. The molecule has 144 valence electrons. The van der Waals surface area contributed by atoms with Crippen LogP contribution in [0, 0.1) is 13.8 Å². The molecule has 0 spiro atoms. The Kier molecular flexibility index (Phi) is 6.28. The predicted molar refractivity (Wildman–Crippen MR) is 108 cm³/mol. The molecule has 0 saturated carbocycles. The van der Waals surface area contributed by atoms with E-state index in [1.54, 1.807) is 0 Å². The molecule has 2 heterocycles. The number of nitrogens with one attached hydrogen (secondary N) is 2. The van der Waals surface area contributed by atoms with Crippen molar-refractivity contribution in [2.45, 2.75) is 26.7 Å². The Morgan fingerprint density at radius 1 is 1.33 bits per heavy atom. The highest BCUT2D eigenvalue weighted by molar-refractivity contribution is 9.10. The van der Waals surface area contributed by atoms with Crippen LogP contribution in [0.25, 0.3) is 0 Å². The van der Waals surface area contributed by atoms with Crippen LogP contribution >= 0.6 is 15.9 Å². The number of halogens is 1. The molecule has 1 aromatic carbocycles. The quantitative estimate of drug-likeness (QED) is 0.754. The molecule has 1 aromatic heterocycles. The molecular formula is C19H23BrN4O3. The monoisotopic (exact) mass is 434 g/mol. The van der Waals surface area contributed by atoms with Gasteiger partial charge < -0.3 is 15.0 Å². The molecule has 8 heteroatoms.